The maximum absolute atomic E-state index is 11.7. The van der Waals surface area contributed by atoms with Gasteiger partial charge in [0.25, 0.3) is 5.70 Å². The molecule has 0 aliphatic carbocycles. The molecule has 352 valence electrons. The van der Waals surface area contributed by atoms with E-state index in [0.717, 1.165) is 105 Å². The zero-order valence-corrected chi connectivity index (χ0v) is 41.6. The van der Waals surface area contributed by atoms with Crippen LogP contribution in [0.25, 0.3) is 37.9 Å². The standard InChI is InChI=1S/C58H69N3O4S2/c1-5-8-11-14-15-16-17-18-19-20-23-43-26-32-49(33-27-43)61(50-34-28-44(29-35-50)55-46(24-21-12-9-6-2)38-52(66-55)40-48(42-59)57(62)63)51-36-30-45(31-37-51)56-47(25-22-13-10-7-3)39-53(67-56)41-54(60-4)58(64)65/h26-41H,5-25H2,1-3H3,(H,62,63)(H,64,65)/b48-40+,54-41-. The van der Waals surface area contributed by atoms with E-state index in [-0.39, 0.29) is 11.3 Å². The molecule has 0 saturated heterocycles. The molecule has 0 amide bonds. The van der Waals surface area contributed by atoms with Gasteiger partial charge in [-0.15, -0.1) is 22.7 Å². The van der Waals surface area contributed by atoms with Gasteiger partial charge in [0.05, 0.1) is 6.57 Å². The van der Waals surface area contributed by atoms with E-state index in [1.54, 1.807) is 0 Å². The molecule has 67 heavy (non-hydrogen) atoms. The van der Waals surface area contributed by atoms with Crippen LogP contribution >= 0.6 is 22.7 Å². The minimum absolute atomic E-state index is 0.274. The van der Waals surface area contributed by atoms with Crippen LogP contribution in [-0.2, 0) is 28.9 Å². The van der Waals surface area contributed by atoms with Crippen LogP contribution in [0.3, 0.4) is 0 Å². The third-order valence-corrected chi connectivity index (χ3v) is 14.6. The first kappa shape index (κ1) is 52.2. The van der Waals surface area contributed by atoms with Crippen molar-refractivity contribution in [3.05, 3.63) is 134 Å². The van der Waals surface area contributed by atoms with E-state index < -0.39 is 11.9 Å². The van der Waals surface area contributed by atoms with Gasteiger partial charge >= 0.3 is 11.9 Å². The maximum atomic E-state index is 11.7. The summed E-state index contributed by atoms with van der Waals surface area (Å²) in [7, 11) is 0. The van der Waals surface area contributed by atoms with Crippen molar-refractivity contribution in [2.75, 3.05) is 4.90 Å². The number of hydrogen-bond donors (Lipinski definition) is 2. The van der Waals surface area contributed by atoms with Gasteiger partial charge in [-0.05, 0) is 127 Å². The first-order valence-electron chi connectivity index (χ1n) is 24.7. The van der Waals surface area contributed by atoms with Crippen molar-refractivity contribution in [2.24, 2.45) is 0 Å². The Hall–Kier alpha value is -5.74. The number of unbranched alkanes of at least 4 members (excludes halogenated alkanes) is 15. The highest BCUT2D eigenvalue weighted by molar-refractivity contribution is 7.17. The smallest absolute Gasteiger partial charge is 0.346 e. The minimum Gasteiger partial charge on any atom is -0.486 e. The summed E-state index contributed by atoms with van der Waals surface area (Å²) in [5, 5.41) is 28.7. The van der Waals surface area contributed by atoms with Crippen LogP contribution in [0.1, 0.15) is 163 Å². The number of nitrogens with zero attached hydrogens (tertiary/aromatic N) is 3. The van der Waals surface area contributed by atoms with Crippen LogP contribution in [-0.4, -0.2) is 22.2 Å². The fourth-order valence-electron chi connectivity index (χ4n) is 8.55. The quantitative estimate of drug-likeness (QED) is 0.0206. The summed E-state index contributed by atoms with van der Waals surface area (Å²) in [6.45, 7) is 14.1. The topological polar surface area (TPSA) is 106 Å². The number of anilines is 3. The van der Waals surface area contributed by atoms with Crippen molar-refractivity contribution in [2.45, 2.75) is 156 Å². The largest absolute Gasteiger partial charge is 0.486 e. The number of carbonyl (C=O) groups is 2. The lowest BCUT2D eigenvalue weighted by Crippen LogP contribution is -2.10. The summed E-state index contributed by atoms with van der Waals surface area (Å²) < 4.78 is 0. The molecule has 2 heterocycles. The molecule has 5 aromatic rings. The molecule has 0 radical (unpaired) electrons. The highest BCUT2D eigenvalue weighted by Crippen LogP contribution is 2.41. The van der Waals surface area contributed by atoms with E-state index in [1.807, 2.05) is 12.1 Å². The van der Waals surface area contributed by atoms with Crippen LogP contribution in [0, 0.1) is 17.9 Å². The SMILES string of the molecule is [C-]#[N+]/C(=C\c1cc(CCCCCC)c(-c2ccc(N(c3ccc(CCCCCCCCCCCC)cc3)c3ccc(-c4sc(/C=C(\C#N)C(=O)O)cc4CCCCCC)cc3)cc2)s1)C(=O)O. The van der Waals surface area contributed by atoms with Gasteiger partial charge in [-0.3, -0.25) is 4.79 Å². The molecule has 3 aromatic carbocycles. The Morgan fingerprint density at radius 1 is 0.567 bits per heavy atom. The van der Waals surface area contributed by atoms with Crippen LogP contribution in [0.5, 0.6) is 0 Å². The van der Waals surface area contributed by atoms with Gasteiger partial charge in [-0.1, -0.05) is 153 Å². The average molecular weight is 936 g/mol. The number of carboxylic acids is 2. The molecule has 0 bridgehead atoms. The number of aryl methyl sites for hydroxylation is 3. The van der Waals surface area contributed by atoms with Gasteiger partial charge in [0.1, 0.15) is 11.6 Å². The summed E-state index contributed by atoms with van der Waals surface area (Å²) in [6.07, 6.45) is 27.9. The lowest BCUT2D eigenvalue weighted by Gasteiger charge is -2.26. The summed E-state index contributed by atoms with van der Waals surface area (Å²) >= 11 is 3.06. The summed E-state index contributed by atoms with van der Waals surface area (Å²) in [5.74, 6) is -2.44. The third kappa shape index (κ3) is 16.2. The number of benzene rings is 3. The molecule has 5 rings (SSSR count). The fourth-order valence-corrected chi connectivity index (χ4v) is 10.9. The van der Waals surface area contributed by atoms with Gasteiger partial charge in [0, 0.05) is 36.6 Å². The summed E-state index contributed by atoms with van der Waals surface area (Å²) in [5.41, 5.74) is 8.26. The maximum Gasteiger partial charge on any atom is 0.346 e. The van der Waals surface area contributed by atoms with Crippen LogP contribution in [0.2, 0.25) is 0 Å². The van der Waals surface area contributed by atoms with Gasteiger partial charge in [0.15, 0.2) is 0 Å². The van der Waals surface area contributed by atoms with Crippen LogP contribution in [0.15, 0.2) is 96.2 Å². The Kier molecular flexibility index (Phi) is 22.2. The molecule has 0 spiro atoms. The van der Waals surface area contributed by atoms with E-state index in [1.165, 1.54) is 129 Å². The highest BCUT2D eigenvalue weighted by Gasteiger charge is 2.18. The zero-order valence-electron chi connectivity index (χ0n) is 40.0. The number of thiophene rings is 2. The van der Waals surface area contributed by atoms with Crippen molar-refractivity contribution in [3.63, 3.8) is 0 Å². The monoisotopic (exact) mass is 935 g/mol. The van der Waals surface area contributed by atoms with Gasteiger partial charge < -0.3 is 15.1 Å². The van der Waals surface area contributed by atoms with E-state index in [4.69, 9.17) is 6.57 Å². The number of aliphatic carboxylic acids is 2. The molecule has 0 saturated carbocycles. The molecule has 0 unspecified atom stereocenters. The van der Waals surface area contributed by atoms with E-state index in [2.05, 4.69) is 109 Å². The number of rotatable bonds is 30. The molecule has 9 heteroatoms. The number of hydrogen-bond acceptors (Lipinski definition) is 6. The Morgan fingerprint density at radius 3 is 1.36 bits per heavy atom. The average Bonchev–Trinajstić information content (AvgIpc) is 3.95. The van der Waals surface area contributed by atoms with Crippen molar-refractivity contribution in [3.8, 4) is 27.0 Å². The second kappa shape index (κ2) is 28.4. The molecule has 0 aliphatic heterocycles. The first-order valence-corrected chi connectivity index (χ1v) is 26.4. The molecular weight excluding hydrogens is 867 g/mol. The fraction of sp³-hybridized carbons (Fsp3) is 0.414. The molecule has 2 aromatic heterocycles. The lowest BCUT2D eigenvalue weighted by atomic mass is 10.0. The predicted octanol–water partition coefficient (Wildman–Crippen LogP) is 17.7. The van der Waals surface area contributed by atoms with Gasteiger partial charge in [-0.25, -0.2) is 9.64 Å². The zero-order chi connectivity index (χ0) is 47.8. The highest BCUT2D eigenvalue weighted by atomic mass is 32.1. The second-order valence-corrected chi connectivity index (χ2v) is 19.7. The second-order valence-electron chi connectivity index (χ2n) is 17.6. The minimum atomic E-state index is -1.22. The van der Waals surface area contributed by atoms with Gasteiger partial charge in [-0.2, -0.15) is 5.26 Å². The predicted molar refractivity (Wildman–Crippen MR) is 282 cm³/mol. The van der Waals surface area contributed by atoms with Crippen molar-refractivity contribution >= 4 is 63.8 Å². The van der Waals surface area contributed by atoms with Crippen molar-refractivity contribution in [1.82, 2.24) is 0 Å². The summed E-state index contributed by atoms with van der Waals surface area (Å²) in [4.78, 5) is 32.7. The molecule has 0 aliphatic rings. The Labute approximate surface area is 408 Å². The van der Waals surface area contributed by atoms with Gasteiger partial charge in [0.2, 0.25) is 0 Å². The molecule has 0 fully saturated rings. The summed E-state index contributed by atoms with van der Waals surface area (Å²) in [6, 6.07) is 32.1. The van der Waals surface area contributed by atoms with E-state index in [9.17, 15) is 25.1 Å². The Balaban J connectivity index is 1.46. The lowest BCUT2D eigenvalue weighted by molar-refractivity contribution is -0.133. The first-order chi connectivity index (χ1) is 32.7. The van der Waals surface area contributed by atoms with Crippen LogP contribution in [0.4, 0.5) is 17.1 Å². The van der Waals surface area contributed by atoms with E-state index >= 15 is 0 Å². The number of carboxylic acid groups (broad SMARTS) is 2. The molecule has 2 N–H and O–H groups in total. The van der Waals surface area contributed by atoms with Crippen molar-refractivity contribution in [1.29, 1.82) is 5.26 Å². The molecule has 7 nitrogen and oxygen atoms in total. The Bertz CT molecular complexity index is 2320. The third-order valence-electron chi connectivity index (χ3n) is 12.3. The van der Waals surface area contributed by atoms with E-state index in [0.29, 0.717) is 0 Å². The van der Waals surface area contributed by atoms with Crippen molar-refractivity contribution < 1.29 is 19.8 Å². The number of nitriles is 1. The molecular formula is C58H69N3O4S2. The normalized spacial score (nSPS) is 11.7. The Morgan fingerprint density at radius 2 is 0.955 bits per heavy atom. The van der Waals surface area contributed by atoms with Crippen LogP contribution < -0.4 is 4.90 Å². The molecule has 0 atom stereocenters.